The molecule has 10 heavy (non-hydrogen) atoms. The van der Waals surface area contributed by atoms with Crippen LogP contribution in [-0.2, 0) is 0 Å². The van der Waals surface area contributed by atoms with Crippen molar-refractivity contribution in [3.05, 3.63) is 0 Å². The van der Waals surface area contributed by atoms with Crippen molar-refractivity contribution in [2.24, 2.45) is 5.92 Å². The highest BCUT2D eigenvalue weighted by Gasteiger charge is 2.10. The summed E-state index contributed by atoms with van der Waals surface area (Å²) >= 11 is 0. The van der Waals surface area contributed by atoms with E-state index in [2.05, 4.69) is 6.55 Å². The molecule has 0 aromatic carbocycles. The van der Waals surface area contributed by atoms with Gasteiger partial charge in [-0.15, -0.1) is 0 Å². The van der Waals surface area contributed by atoms with Crippen LogP contribution >= 0.6 is 0 Å². The van der Waals surface area contributed by atoms with Crippen LogP contribution in [0.3, 0.4) is 0 Å². The number of rotatable bonds is 2. The van der Waals surface area contributed by atoms with Crippen LogP contribution in [0.2, 0.25) is 12.6 Å². The first-order valence-electron chi connectivity index (χ1n) is 4.58. The van der Waals surface area contributed by atoms with Crippen molar-refractivity contribution in [1.29, 1.82) is 0 Å². The van der Waals surface area contributed by atoms with Gasteiger partial charge in [0, 0.05) is 9.52 Å². The molecule has 1 saturated carbocycles. The van der Waals surface area contributed by atoms with Gasteiger partial charge in [-0.05, 0) is 5.92 Å². The summed E-state index contributed by atoms with van der Waals surface area (Å²) in [6.07, 6.45) is 9.08. The minimum absolute atomic E-state index is 1.10. The Kier molecular flexibility index (Phi) is 4.11. The molecule has 0 N–H and O–H groups in total. The maximum atomic E-state index is 2.34. The topological polar surface area (TPSA) is 0 Å². The van der Waals surface area contributed by atoms with E-state index in [1.165, 1.54) is 54.1 Å². The quantitative estimate of drug-likeness (QED) is 0.423. The van der Waals surface area contributed by atoms with Crippen LogP contribution in [0.5, 0.6) is 0 Å². The smallest absolute Gasteiger partial charge is 0.0345 e. The van der Waals surface area contributed by atoms with Gasteiger partial charge in [-0.3, -0.25) is 0 Å². The van der Waals surface area contributed by atoms with Gasteiger partial charge >= 0.3 is 0 Å². The molecule has 0 heterocycles. The van der Waals surface area contributed by atoms with Crippen molar-refractivity contribution < 1.29 is 0 Å². The fraction of sp³-hybridized carbons (Fsp3) is 1.00. The highest BCUT2D eigenvalue weighted by Crippen LogP contribution is 2.25. The van der Waals surface area contributed by atoms with E-state index < -0.39 is 0 Å². The second kappa shape index (κ2) is 4.95. The van der Waals surface area contributed by atoms with Gasteiger partial charge in [0.1, 0.15) is 0 Å². The summed E-state index contributed by atoms with van der Waals surface area (Å²) in [6, 6.07) is 1.51. The summed E-state index contributed by atoms with van der Waals surface area (Å²) in [5.41, 5.74) is 0. The standard InChI is InChI=1S/C9H18Si/c1-10-8-9-6-4-2-3-5-7-9/h9H,2-8H2,1H3. The SMILES string of the molecule is C[Si]CC1CCCCCC1. The largest absolute Gasteiger partial charge is 0.0733 e. The molecule has 0 spiro atoms. The average Bonchev–Trinajstić information content (AvgIpc) is 2.17. The van der Waals surface area contributed by atoms with E-state index in [0.29, 0.717) is 0 Å². The van der Waals surface area contributed by atoms with Gasteiger partial charge < -0.3 is 0 Å². The normalized spacial score (nSPS) is 22.5. The van der Waals surface area contributed by atoms with E-state index in [9.17, 15) is 0 Å². The van der Waals surface area contributed by atoms with Gasteiger partial charge in [-0.1, -0.05) is 51.1 Å². The van der Waals surface area contributed by atoms with E-state index in [4.69, 9.17) is 0 Å². The molecule has 0 amide bonds. The maximum absolute atomic E-state index is 2.34. The Labute approximate surface area is 67.2 Å². The van der Waals surface area contributed by atoms with Gasteiger partial charge in [0.15, 0.2) is 0 Å². The third-order valence-electron chi connectivity index (χ3n) is 2.47. The van der Waals surface area contributed by atoms with Crippen LogP contribution in [0, 0.1) is 5.92 Å². The lowest BCUT2D eigenvalue weighted by molar-refractivity contribution is 0.503. The lowest BCUT2D eigenvalue weighted by Gasteiger charge is -2.10. The number of hydrogen-bond donors (Lipinski definition) is 0. The predicted octanol–water partition coefficient (Wildman–Crippen LogP) is 3.13. The van der Waals surface area contributed by atoms with Crippen LogP contribution in [0.4, 0.5) is 0 Å². The van der Waals surface area contributed by atoms with Crippen LogP contribution < -0.4 is 0 Å². The van der Waals surface area contributed by atoms with Crippen molar-refractivity contribution in [2.75, 3.05) is 0 Å². The van der Waals surface area contributed by atoms with Crippen LogP contribution in [0.1, 0.15) is 38.5 Å². The highest BCUT2D eigenvalue weighted by atomic mass is 28.2. The Balaban J connectivity index is 2.15. The van der Waals surface area contributed by atoms with E-state index in [1.54, 1.807) is 0 Å². The van der Waals surface area contributed by atoms with Crippen molar-refractivity contribution >= 4 is 9.52 Å². The molecule has 0 bridgehead atoms. The summed E-state index contributed by atoms with van der Waals surface area (Å²) in [5.74, 6) is 1.10. The first-order valence-corrected chi connectivity index (χ1v) is 6.29. The van der Waals surface area contributed by atoms with Crippen LogP contribution in [0.25, 0.3) is 0 Å². The maximum Gasteiger partial charge on any atom is 0.0345 e. The third kappa shape index (κ3) is 2.87. The highest BCUT2D eigenvalue weighted by molar-refractivity contribution is 6.33. The first kappa shape index (κ1) is 8.31. The molecule has 1 aliphatic rings. The van der Waals surface area contributed by atoms with Gasteiger partial charge in [0.25, 0.3) is 0 Å². The molecule has 58 valence electrons. The molecule has 0 aliphatic heterocycles. The van der Waals surface area contributed by atoms with E-state index in [1.807, 2.05) is 0 Å². The Morgan fingerprint density at radius 3 is 2.20 bits per heavy atom. The fourth-order valence-electron chi connectivity index (χ4n) is 1.86. The van der Waals surface area contributed by atoms with E-state index in [-0.39, 0.29) is 0 Å². The minimum atomic E-state index is 1.10. The molecule has 0 nitrogen and oxygen atoms in total. The summed E-state index contributed by atoms with van der Waals surface area (Å²) in [5, 5.41) is 0. The summed E-state index contributed by atoms with van der Waals surface area (Å²) < 4.78 is 0. The second-order valence-corrected chi connectivity index (χ2v) is 4.53. The Morgan fingerprint density at radius 2 is 1.70 bits per heavy atom. The molecule has 1 rings (SSSR count). The lowest BCUT2D eigenvalue weighted by atomic mass is 10.0. The van der Waals surface area contributed by atoms with Crippen molar-refractivity contribution in [1.82, 2.24) is 0 Å². The van der Waals surface area contributed by atoms with Gasteiger partial charge in [-0.2, -0.15) is 0 Å². The number of hydrogen-bond acceptors (Lipinski definition) is 0. The zero-order valence-corrected chi connectivity index (χ0v) is 8.03. The molecule has 0 unspecified atom stereocenters. The molecule has 1 heteroatoms. The second-order valence-electron chi connectivity index (χ2n) is 3.42. The zero-order valence-electron chi connectivity index (χ0n) is 7.03. The predicted molar refractivity (Wildman–Crippen MR) is 47.6 cm³/mol. The molecular formula is C9H18Si. The fourth-order valence-corrected chi connectivity index (χ4v) is 2.84. The van der Waals surface area contributed by atoms with Crippen molar-refractivity contribution in [3.63, 3.8) is 0 Å². The Morgan fingerprint density at radius 1 is 1.10 bits per heavy atom. The monoisotopic (exact) mass is 154 g/mol. The van der Waals surface area contributed by atoms with Crippen LogP contribution in [0.15, 0.2) is 0 Å². The molecule has 0 atom stereocenters. The first-order chi connectivity index (χ1) is 4.93. The van der Waals surface area contributed by atoms with Crippen LogP contribution in [-0.4, -0.2) is 9.52 Å². The lowest BCUT2D eigenvalue weighted by Crippen LogP contribution is -2.00. The molecule has 1 fully saturated rings. The summed E-state index contributed by atoms with van der Waals surface area (Å²) in [4.78, 5) is 0. The summed E-state index contributed by atoms with van der Waals surface area (Å²) in [6.45, 7) is 2.34. The average molecular weight is 154 g/mol. The van der Waals surface area contributed by atoms with Gasteiger partial charge in [0.2, 0.25) is 0 Å². The molecular weight excluding hydrogens is 136 g/mol. The van der Waals surface area contributed by atoms with Crippen molar-refractivity contribution in [3.8, 4) is 0 Å². The zero-order chi connectivity index (χ0) is 7.23. The van der Waals surface area contributed by atoms with Gasteiger partial charge in [0.05, 0.1) is 0 Å². The Hall–Kier alpha value is 0.217. The molecule has 1 aliphatic carbocycles. The van der Waals surface area contributed by atoms with Crippen molar-refractivity contribution in [2.45, 2.75) is 51.1 Å². The minimum Gasteiger partial charge on any atom is -0.0733 e. The summed E-state index contributed by atoms with van der Waals surface area (Å²) in [7, 11) is 1.19. The van der Waals surface area contributed by atoms with E-state index >= 15 is 0 Å². The third-order valence-corrected chi connectivity index (χ3v) is 3.45. The molecule has 0 saturated heterocycles. The molecule has 0 aromatic heterocycles. The molecule has 2 radical (unpaired) electrons. The Bertz CT molecular complexity index is 72.8. The van der Waals surface area contributed by atoms with E-state index in [0.717, 1.165) is 5.92 Å². The molecule has 0 aromatic rings. The van der Waals surface area contributed by atoms with Gasteiger partial charge in [-0.25, -0.2) is 0 Å².